The maximum atomic E-state index is 12.6. The van der Waals surface area contributed by atoms with E-state index in [9.17, 15) is 9.59 Å². The van der Waals surface area contributed by atoms with E-state index in [1.54, 1.807) is 18.3 Å². The second-order valence-electron chi connectivity index (χ2n) is 5.77. The lowest BCUT2D eigenvalue weighted by Gasteiger charge is -2.14. The number of aromatic nitrogens is 1. The summed E-state index contributed by atoms with van der Waals surface area (Å²) < 4.78 is 1.91. The van der Waals surface area contributed by atoms with Crippen LogP contribution in [-0.2, 0) is 6.54 Å². The summed E-state index contributed by atoms with van der Waals surface area (Å²) in [7, 11) is 0. The fourth-order valence-electron chi connectivity index (χ4n) is 3.13. The fraction of sp³-hybridized carbons (Fsp3) is 0.412. The van der Waals surface area contributed by atoms with Crippen LogP contribution in [0.5, 0.6) is 0 Å². The van der Waals surface area contributed by atoms with Gasteiger partial charge in [-0.05, 0) is 38.0 Å². The van der Waals surface area contributed by atoms with Gasteiger partial charge >= 0.3 is 0 Å². The summed E-state index contributed by atoms with van der Waals surface area (Å²) >= 11 is 6.01. The monoisotopic (exact) mass is 318 g/mol. The minimum atomic E-state index is -0.277. The van der Waals surface area contributed by atoms with Gasteiger partial charge in [-0.3, -0.25) is 9.59 Å². The SMILES string of the molecule is CCn1cc(C(=O)NC2CCCC2)c(=O)c2cc(Cl)ccc21. The first-order chi connectivity index (χ1) is 10.6. The van der Waals surface area contributed by atoms with E-state index in [2.05, 4.69) is 5.32 Å². The van der Waals surface area contributed by atoms with Gasteiger partial charge in [0, 0.05) is 29.2 Å². The number of benzene rings is 1. The Morgan fingerprint density at radius 2 is 2.09 bits per heavy atom. The third-order valence-corrected chi connectivity index (χ3v) is 4.55. The quantitative estimate of drug-likeness (QED) is 0.943. The summed E-state index contributed by atoms with van der Waals surface area (Å²) in [6.45, 7) is 2.67. The Bertz CT molecular complexity index is 776. The second-order valence-corrected chi connectivity index (χ2v) is 6.21. The van der Waals surface area contributed by atoms with Crippen LogP contribution in [0.2, 0.25) is 5.02 Å². The summed E-state index contributed by atoms with van der Waals surface area (Å²) in [6, 6.07) is 5.41. The molecular weight excluding hydrogens is 300 g/mol. The van der Waals surface area contributed by atoms with Crippen LogP contribution in [0.1, 0.15) is 43.0 Å². The Balaban J connectivity index is 2.07. The number of nitrogens with zero attached hydrogens (tertiary/aromatic N) is 1. The number of aryl methyl sites for hydroxylation is 1. The average molecular weight is 319 g/mol. The Kier molecular flexibility index (Phi) is 4.21. The summed E-state index contributed by atoms with van der Waals surface area (Å²) in [5, 5.41) is 3.98. The highest BCUT2D eigenvalue weighted by Crippen LogP contribution is 2.20. The molecule has 1 aliphatic rings. The van der Waals surface area contributed by atoms with Crippen molar-refractivity contribution in [2.24, 2.45) is 0 Å². The van der Waals surface area contributed by atoms with Gasteiger partial charge in [0.1, 0.15) is 5.56 Å². The number of amides is 1. The molecule has 1 aromatic carbocycles. The molecule has 1 N–H and O–H groups in total. The number of fused-ring (bicyclic) bond motifs is 1. The molecule has 0 atom stereocenters. The first-order valence-corrected chi connectivity index (χ1v) is 8.11. The van der Waals surface area contributed by atoms with E-state index in [0.29, 0.717) is 17.0 Å². The fourth-order valence-corrected chi connectivity index (χ4v) is 3.30. The lowest BCUT2D eigenvalue weighted by atomic mass is 10.1. The van der Waals surface area contributed by atoms with Crippen LogP contribution in [0.25, 0.3) is 10.9 Å². The van der Waals surface area contributed by atoms with E-state index in [0.717, 1.165) is 31.2 Å². The first-order valence-electron chi connectivity index (χ1n) is 7.73. The van der Waals surface area contributed by atoms with E-state index >= 15 is 0 Å². The molecule has 0 unspecified atom stereocenters. The van der Waals surface area contributed by atoms with Crippen LogP contribution < -0.4 is 10.7 Å². The molecule has 0 aliphatic heterocycles. The van der Waals surface area contributed by atoms with Gasteiger partial charge in [-0.1, -0.05) is 24.4 Å². The van der Waals surface area contributed by atoms with E-state index < -0.39 is 0 Å². The minimum absolute atomic E-state index is 0.192. The van der Waals surface area contributed by atoms with Crippen molar-refractivity contribution in [2.45, 2.75) is 45.2 Å². The Labute approximate surface area is 134 Å². The number of carbonyl (C=O) groups is 1. The molecule has 1 heterocycles. The van der Waals surface area contributed by atoms with E-state index in [1.807, 2.05) is 17.6 Å². The molecule has 0 radical (unpaired) electrons. The number of hydrogen-bond acceptors (Lipinski definition) is 2. The van der Waals surface area contributed by atoms with Gasteiger partial charge in [-0.25, -0.2) is 0 Å². The van der Waals surface area contributed by atoms with Crippen LogP contribution >= 0.6 is 11.6 Å². The summed E-state index contributed by atoms with van der Waals surface area (Å²) in [4.78, 5) is 25.1. The number of halogens is 1. The molecule has 22 heavy (non-hydrogen) atoms. The van der Waals surface area contributed by atoms with Crippen molar-refractivity contribution >= 4 is 28.4 Å². The minimum Gasteiger partial charge on any atom is -0.349 e. The third-order valence-electron chi connectivity index (χ3n) is 4.32. The zero-order chi connectivity index (χ0) is 15.7. The lowest BCUT2D eigenvalue weighted by molar-refractivity contribution is 0.0936. The molecule has 1 aromatic heterocycles. The van der Waals surface area contributed by atoms with Gasteiger partial charge in [-0.2, -0.15) is 0 Å². The number of carbonyl (C=O) groups excluding carboxylic acids is 1. The largest absolute Gasteiger partial charge is 0.349 e. The Morgan fingerprint density at radius 1 is 1.36 bits per heavy atom. The predicted octanol–water partition coefficient (Wildman–Crippen LogP) is 3.35. The van der Waals surface area contributed by atoms with Crippen molar-refractivity contribution in [3.05, 3.63) is 45.2 Å². The molecular formula is C17H19ClN2O2. The first kappa shape index (κ1) is 15.1. The molecule has 0 spiro atoms. The zero-order valence-corrected chi connectivity index (χ0v) is 13.3. The lowest BCUT2D eigenvalue weighted by Crippen LogP contribution is -2.36. The Hall–Kier alpha value is -1.81. The molecule has 1 aliphatic carbocycles. The molecule has 3 rings (SSSR count). The highest BCUT2D eigenvalue weighted by atomic mass is 35.5. The smallest absolute Gasteiger partial charge is 0.256 e. The van der Waals surface area contributed by atoms with Crippen LogP contribution in [0, 0.1) is 0 Å². The summed E-state index contributed by atoms with van der Waals surface area (Å²) in [5.41, 5.74) is 0.746. The van der Waals surface area contributed by atoms with Crippen LogP contribution in [0.15, 0.2) is 29.2 Å². The van der Waals surface area contributed by atoms with Crippen LogP contribution in [0.3, 0.4) is 0 Å². The van der Waals surface area contributed by atoms with Crippen molar-refractivity contribution in [1.82, 2.24) is 9.88 Å². The molecule has 5 heteroatoms. The van der Waals surface area contributed by atoms with Crippen molar-refractivity contribution in [1.29, 1.82) is 0 Å². The van der Waals surface area contributed by atoms with Crippen LogP contribution in [0.4, 0.5) is 0 Å². The van der Waals surface area contributed by atoms with Gasteiger partial charge in [0.15, 0.2) is 0 Å². The van der Waals surface area contributed by atoms with Gasteiger partial charge < -0.3 is 9.88 Å². The maximum absolute atomic E-state index is 12.6. The molecule has 1 fully saturated rings. The van der Waals surface area contributed by atoms with Gasteiger partial charge in [0.05, 0.1) is 5.52 Å². The average Bonchev–Trinajstić information content (AvgIpc) is 3.01. The second kappa shape index (κ2) is 6.13. The highest BCUT2D eigenvalue weighted by Gasteiger charge is 2.21. The van der Waals surface area contributed by atoms with Gasteiger partial charge in [-0.15, -0.1) is 0 Å². The molecule has 1 saturated carbocycles. The molecule has 0 saturated heterocycles. The highest BCUT2D eigenvalue weighted by molar-refractivity contribution is 6.31. The predicted molar refractivity (Wildman–Crippen MR) is 88.6 cm³/mol. The standard InChI is InChI=1S/C17H19ClN2O2/c1-2-20-10-14(17(22)19-12-5-3-4-6-12)16(21)13-9-11(18)7-8-15(13)20/h7-10,12H,2-6H2,1H3,(H,19,22). The van der Waals surface area contributed by atoms with Crippen molar-refractivity contribution in [3.8, 4) is 0 Å². The van der Waals surface area contributed by atoms with Crippen molar-refractivity contribution in [2.75, 3.05) is 0 Å². The number of pyridine rings is 1. The van der Waals surface area contributed by atoms with E-state index in [-0.39, 0.29) is 22.9 Å². The topological polar surface area (TPSA) is 51.1 Å². The Morgan fingerprint density at radius 3 is 2.77 bits per heavy atom. The molecule has 2 aromatic rings. The molecule has 1 amide bonds. The number of rotatable bonds is 3. The normalized spacial score (nSPS) is 15.4. The summed E-state index contributed by atoms with van der Waals surface area (Å²) in [6.07, 6.45) is 5.91. The van der Waals surface area contributed by atoms with Crippen molar-refractivity contribution < 1.29 is 4.79 Å². The third kappa shape index (κ3) is 2.75. The molecule has 116 valence electrons. The summed E-state index contributed by atoms with van der Waals surface area (Å²) in [5.74, 6) is -0.277. The zero-order valence-electron chi connectivity index (χ0n) is 12.6. The maximum Gasteiger partial charge on any atom is 0.256 e. The number of hydrogen-bond donors (Lipinski definition) is 1. The molecule has 4 nitrogen and oxygen atoms in total. The van der Waals surface area contributed by atoms with Gasteiger partial charge in [0.2, 0.25) is 5.43 Å². The van der Waals surface area contributed by atoms with Crippen LogP contribution in [-0.4, -0.2) is 16.5 Å². The molecule has 0 bridgehead atoms. The van der Waals surface area contributed by atoms with E-state index in [4.69, 9.17) is 11.6 Å². The number of nitrogens with one attached hydrogen (secondary N) is 1. The van der Waals surface area contributed by atoms with Crippen molar-refractivity contribution in [3.63, 3.8) is 0 Å². The van der Waals surface area contributed by atoms with Gasteiger partial charge in [0.25, 0.3) is 5.91 Å². The van der Waals surface area contributed by atoms with E-state index in [1.165, 1.54) is 0 Å².